The Morgan fingerprint density at radius 3 is 2.90 bits per heavy atom. The summed E-state index contributed by atoms with van der Waals surface area (Å²) >= 11 is 0. The van der Waals surface area contributed by atoms with Crippen LogP contribution in [0.25, 0.3) is 0 Å². The van der Waals surface area contributed by atoms with Crippen molar-refractivity contribution in [1.82, 2.24) is 10.2 Å². The van der Waals surface area contributed by atoms with Crippen LogP contribution < -0.4 is 5.73 Å². The SMILES string of the molecule is Cc1c[c]nnc1C(N)=O. The molecule has 1 amide bonds. The molecule has 0 fully saturated rings. The van der Waals surface area contributed by atoms with E-state index < -0.39 is 5.91 Å². The number of nitrogens with two attached hydrogens (primary N) is 1. The second kappa shape index (κ2) is 2.43. The van der Waals surface area contributed by atoms with Gasteiger partial charge in [0, 0.05) is 0 Å². The summed E-state index contributed by atoms with van der Waals surface area (Å²) in [5, 5.41) is 6.89. The van der Waals surface area contributed by atoms with Crippen molar-refractivity contribution >= 4 is 5.91 Å². The fourth-order valence-electron chi connectivity index (χ4n) is 0.595. The number of hydrogen-bond acceptors (Lipinski definition) is 3. The third-order valence-electron chi connectivity index (χ3n) is 1.10. The zero-order chi connectivity index (χ0) is 7.56. The van der Waals surface area contributed by atoms with E-state index in [1.165, 1.54) is 0 Å². The van der Waals surface area contributed by atoms with Crippen molar-refractivity contribution in [2.24, 2.45) is 5.73 Å². The summed E-state index contributed by atoms with van der Waals surface area (Å²) in [6.45, 7) is 1.73. The number of nitrogens with zero attached hydrogens (tertiary/aromatic N) is 2. The number of amides is 1. The molecule has 0 aliphatic carbocycles. The van der Waals surface area contributed by atoms with Crippen molar-refractivity contribution in [3.8, 4) is 0 Å². The lowest BCUT2D eigenvalue weighted by Gasteiger charge is -1.94. The topological polar surface area (TPSA) is 68.9 Å². The van der Waals surface area contributed by atoms with E-state index in [1.54, 1.807) is 13.0 Å². The number of primary amides is 1. The van der Waals surface area contributed by atoms with Crippen LogP contribution in [-0.2, 0) is 0 Å². The second-order valence-corrected chi connectivity index (χ2v) is 1.87. The monoisotopic (exact) mass is 136 g/mol. The normalized spacial score (nSPS) is 9.30. The second-order valence-electron chi connectivity index (χ2n) is 1.87. The lowest BCUT2D eigenvalue weighted by atomic mass is 10.2. The van der Waals surface area contributed by atoms with Crippen molar-refractivity contribution < 1.29 is 4.79 Å². The van der Waals surface area contributed by atoms with Crippen LogP contribution in [0.15, 0.2) is 6.07 Å². The molecule has 0 atom stereocenters. The van der Waals surface area contributed by atoms with Gasteiger partial charge in [0.2, 0.25) is 0 Å². The molecule has 0 aliphatic heterocycles. The number of carbonyl (C=O) groups is 1. The van der Waals surface area contributed by atoms with Gasteiger partial charge in [-0.1, -0.05) is 0 Å². The van der Waals surface area contributed by atoms with E-state index in [2.05, 4.69) is 16.4 Å². The summed E-state index contributed by atoms with van der Waals surface area (Å²) in [5.74, 6) is -0.556. The summed E-state index contributed by atoms with van der Waals surface area (Å²) in [5.41, 5.74) is 5.86. The van der Waals surface area contributed by atoms with E-state index in [-0.39, 0.29) is 5.69 Å². The van der Waals surface area contributed by atoms with Crippen LogP contribution in [0.2, 0.25) is 0 Å². The van der Waals surface area contributed by atoms with Gasteiger partial charge in [0.25, 0.3) is 5.91 Å². The molecule has 1 heterocycles. The molecule has 1 aromatic heterocycles. The van der Waals surface area contributed by atoms with E-state index >= 15 is 0 Å². The number of hydrogen-bond donors (Lipinski definition) is 1. The summed E-state index contributed by atoms with van der Waals surface area (Å²) in [7, 11) is 0. The Balaban J connectivity index is 3.15. The van der Waals surface area contributed by atoms with Gasteiger partial charge in [0.05, 0.1) is 0 Å². The van der Waals surface area contributed by atoms with Crippen molar-refractivity contribution in [3.63, 3.8) is 0 Å². The van der Waals surface area contributed by atoms with Gasteiger partial charge in [-0.2, -0.15) is 0 Å². The molecule has 10 heavy (non-hydrogen) atoms. The Bertz CT molecular complexity index is 259. The van der Waals surface area contributed by atoms with Crippen molar-refractivity contribution in [3.05, 3.63) is 23.5 Å². The minimum absolute atomic E-state index is 0.207. The van der Waals surface area contributed by atoms with Gasteiger partial charge in [0.1, 0.15) is 6.20 Å². The first-order valence-electron chi connectivity index (χ1n) is 2.72. The maximum atomic E-state index is 10.5. The molecule has 4 heteroatoms. The fourth-order valence-corrected chi connectivity index (χ4v) is 0.595. The summed E-state index contributed by atoms with van der Waals surface area (Å²) in [4.78, 5) is 10.5. The molecule has 0 aromatic carbocycles. The zero-order valence-corrected chi connectivity index (χ0v) is 5.46. The molecular weight excluding hydrogens is 130 g/mol. The van der Waals surface area contributed by atoms with Crippen LogP contribution in [0.5, 0.6) is 0 Å². The molecular formula is C6H6N3O. The summed E-state index contributed by atoms with van der Waals surface area (Å²) < 4.78 is 0. The molecule has 1 rings (SSSR count). The predicted octanol–water partition coefficient (Wildman–Crippen LogP) is -0.316. The van der Waals surface area contributed by atoms with Crippen LogP contribution in [0.4, 0.5) is 0 Å². The fraction of sp³-hybridized carbons (Fsp3) is 0.167. The Morgan fingerprint density at radius 1 is 1.80 bits per heavy atom. The van der Waals surface area contributed by atoms with Gasteiger partial charge >= 0.3 is 0 Å². The van der Waals surface area contributed by atoms with Gasteiger partial charge in [-0.05, 0) is 18.6 Å². The highest BCUT2D eigenvalue weighted by Gasteiger charge is 2.04. The Labute approximate surface area is 58.1 Å². The first-order chi connectivity index (χ1) is 4.72. The predicted molar refractivity (Wildman–Crippen MR) is 34.1 cm³/mol. The molecule has 1 radical (unpaired) electrons. The van der Waals surface area contributed by atoms with Crippen molar-refractivity contribution in [1.29, 1.82) is 0 Å². The third-order valence-corrected chi connectivity index (χ3v) is 1.10. The van der Waals surface area contributed by atoms with Gasteiger partial charge in [-0.25, -0.2) is 0 Å². The van der Waals surface area contributed by atoms with Crippen LogP contribution >= 0.6 is 0 Å². The van der Waals surface area contributed by atoms with E-state index in [9.17, 15) is 4.79 Å². The summed E-state index contributed by atoms with van der Waals surface area (Å²) in [6.07, 6.45) is 2.49. The minimum atomic E-state index is -0.556. The van der Waals surface area contributed by atoms with E-state index in [0.717, 1.165) is 0 Å². The molecule has 0 saturated heterocycles. The van der Waals surface area contributed by atoms with Crippen LogP contribution in [0.3, 0.4) is 0 Å². The van der Waals surface area contributed by atoms with Crippen LogP contribution in [0, 0.1) is 13.1 Å². The highest BCUT2D eigenvalue weighted by Crippen LogP contribution is 1.98. The average Bonchev–Trinajstić information content (AvgIpc) is 1.88. The molecule has 0 bridgehead atoms. The van der Waals surface area contributed by atoms with Gasteiger partial charge < -0.3 is 5.73 Å². The van der Waals surface area contributed by atoms with Crippen LogP contribution in [-0.4, -0.2) is 16.1 Å². The lowest BCUT2D eigenvalue weighted by molar-refractivity contribution is 0.0994. The Kier molecular flexibility index (Phi) is 1.62. The molecule has 0 aliphatic rings. The first kappa shape index (κ1) is 6.67. The number of carbonyl (C=O) groups excluding carboxylic acids is 1. The van der Waals surface area contributed by atoms with E-state index in [0.29, 0.717) is 5.56 Å². The standard InChI is InChI=1S/C6H6N3O/c1-4-2-3-8-9-5(4)6(7)10/h2H,1H3,(H2,7,10). The molecule has 4 nitrogen and oxygen atoms in total. The smallest absolute Gasteiger partial charge is 0.269 e. The molecule has 0 unspecified atom stereocenters. The largest absolute Gasteiger partial charge is 0.364 e. The van der Waals surface area contributed by atoms with Crippen molar-refractivity contribution in [2.45, 2.75) is 6.92 Å². The number of aromatic nitrogens is 2. The van der Waals surface area contributed by atoms with Gasteiger partial charge in [-0.15, -0.1) is 10.2 Å². The zero-order valence-electron chi connectivity index (χ0n) is 5.46. The van der Waals surface area contributed by atoms with E-state index in [1.807, 2.05) is 0 Å². The Hall–Kier alpha value is -1.45. The quantitative estimate of drug-likeness (QED) is 0.575. The summed E-state index contributed by atoms with van der Waals surface area (Å²) in [6, 6.07) is 1.56. The highest BCUT2D eigenvalue weighted by atomic mass is 16.1. The maximum Gasteiger partial charge on any atom is 0.269 e. The third kappa shape index (κ3) is 1.10. The Morgan fingerprint density at radius 2 is 2.50 bits per heavy atom. The molecule has 0 spiro atoms. The number of aryl methyl sites for hydroxylation is 1. The maximum absolute atomic E-state index is 10.5. The molecule has 0 saturated carbocycles. The molecule has 2 N–H and O–H groups in total. The van der Waals surface area contributed by atoms with Crippen LogP contribution in [0.1, 0.15) is 16.1 Å². The van der Waals surface area contributed by atoms with E-state index in [4.69, 9.17) is 5.73 Å². The molecule has 1 aromatic rings. The molecule has 51 valence electrons. The van der Waals surface area contributed by atoms with Gasteiger partial charge in [-0.3, -0.25) is 4.79 Å². The average molecular weight is 136 g/mol. The minimum Gasteiger partial charge on any atom is -0.364 e. The van der Waals surface area contributed by atoms with Gasteiger partial charge in [0.15, 0.2) is 5.69 Å². The highest BCUT2D eigenvalue weighted by molar-refractivity contribution is 5.91. The van der Waals surface area contributed by atoms with Crippen molar-refractivity contribution in [2.75, 3.05) is 0 Å². The first-order valence-corrected chi connectivity index (χ1v) is 2.72. The number of rotatable bonds is 1. The lowest BCUT2D eigenvalue weighted by Crippen LogP contribution is -2.15.